The van der Waals surface area contributed by atoms with E-state index in [0.29, 0.717) is 0 Å². The van der Waals surface area contributed by atoms with Gasteiger partial charge in [0.2, 0.25) is 0 Å². The number of hydrogen-bond donors (Lipinski definition) is 0. The second kappa shape index (κ2) is 9.07. The van der Waals surface area contributed by atoms with Gasteiger partial charge in [0.15, 0.2) is 0 Å². The van der Waals surface area contributed by atoms with Crippen LogP contribution in [0.4, 0.5) is 0 Å². The van der Waals surface area contributed by atoms with Crippen molar-refractivity contribution in [2.75, 3.05) is 0 Å². The van der Waals surface area contributed by atoms with Gasteiger partial charge in [0.1, 0.15) is 0 Å². The second-order valence-electron chi connectivity index (χ2n) is 0.0431. The Hall–Kier alpha value is 2.46. The maximum atomic E-state index is 2.18. The minimum atomic E-state index is 0. The summed E-state index contributed by atoms with van der Waals surface area (Å²) in [6.45, 7) is 0. The van der Waals surface area contributed by atoms with Gasteiger partial charge < -0.3 is 0 Å². The van der Waals surface area contributed by atoms with E-state index in [9.17, 15) is 0 Å². The summed E-state index contributed by atoms with van der Waals surface area (Å²) >= 11 is 4.36. The van der Waals surface area contributed by atoms with Crippen molar-refractivity contribution in [3.05, 3.63) is 0 Å². The molecule has 0 aliphatic carbocycles. The van der Waals surface area contributed by atoms with Crippen molar-refractivity contribution in [3.63, 3.8) is 0 Å². The van der Waals surface area contributed by atoms with Crippen molar-refractivity contribution in [3.8, 4) is 0 Å². The van der Waals surface area contributed by atoms with E-state index in [1.54, 1.807) is 8.46 Å². The Kier molecular flexibility index (Phi) is 22.0. The fraction of sp³-hybridized carbons (Fsp3) is 0. The molecule has 4 heteroatoms. The van der Waals surface area contributed by atoms with Gasteiger partial charge in [-0.05, 0) is 0 Å². The van der Waals surface area contributed by atoms with E-state index in [4.69, 9.17) is 0 Å². The summed E-state index contributed by atoms with van der Waals surface area (Å²) in [5, 5.41) is 0. The minimum absolute atomic E-state index is 0. The van der Waals surface area contributed by atoms with Crippen LogP contribution in [0.1, 0.15) is 0 Å². The zero-order valence-electron chi connectivity index (χ0n) is 1.47. The van der Waals surface area contributed by atoms with Crippen LogP contribution in [0.5, 0.6) is 0 Å². The first-order valence-electron chi connectivity index (χ1n) is 0.228. The first-order valence-corrected chi connectivity index (χ1v) is 6.30. The monoisotopic (exact) mass is 397 g/mol. The average molecular weight is 398 g/mol. The Morgan fingerprint density at radius 3 is 1.25 bits per heavy atom. The average Bonchev–Trinajstić information content (AvgIpc) is 0.918. The van der Waals surface area contributed by atoms with E-state index in [1.807, 2.05) is 0 Å². The van der Waals surface area contributed by atoms with E-state index >= 15 is 0 Å². The van der Waals surface area contributed by atoms with Crippen LogP contribution < -0.4 is 0 Å². The van der Waals surface area contributed by atoms with Gasteiger partial charge in [-0.25, -0.2) is 0 Å². The van der Waals surface area contributed by atoms with Crippen molar-refractivity contribution in [2.24, 2.45) is 0 Å². The van der Waals surface area contributed by atoms with Crippen LogP contribution in [-0.4, -0.2) is 0 Å². The number of halogens is 3. The first-order chi connectivity index (χ1) is 1.41. The predicted molar refractivity (Wildman–Crippen MR) is 38.4 cm³/mol. The molecule has 4 heavy (non-hydrogen) atoms. The van der Waals surface area contributed by atoms with Crippen LogP contribution in [0.25, 0.3) is 0 Å². The normalized spacial score (nSPS) is 5.50. The molecule has 0 saturated carbocycles. The topological polar surface area (TPSA) is 0 Å². The molecular formula is HBrCuI2. The van der Waals surface area contributed by atoms with Gasteiger partial charge in [-0.15, -0.1) is 17.0 Å². The van der Waals surface area contributed by atoms with Crippen molar-refractivity contribution in [1.29, 1.82) is 0 Å². The molecule has 33 valence electrons. The van der Waals surface area contributed by atoms with Crippen LogP contribution in [0.15, 0.2) is 0 Å². The van der Waals surface area contributed by atoms with Gasteiger partial charge in [-0.1, -0.05) is 0 Å². The van der Waals surface area contributed by atoms with Crippen LogP contribution in [0.2, 0.25) is 0 Å². The Labute approximate surface area is 64.9 Å². The van der Waals surface area contributed by atoms with Crippen LogP contribution in [0.3, 0.4) is 0 Å². The quantitative estimate of drug-likeness (QED) is 0.434. The summed E-state index contributed by atoms with van der Waals surface area (Å²) in [5.41, 5.74) is 0. The third-order valence-corrected chi connectivity index (χ3v) is 0. The van der Waals surface area contributed by atoms with Gasteiger partial charge in [0.25, 0.3) is 0 Å². The summed E-state index contributed by atoms with van der Waals surface area (Å²) in [7, 11) is 1.75. The van der Waals surface area contributed by atoms with Gasteiger partial charge in [-0.3, -0.25) is 0 Å². The summed E-state index contributed by atoms with van der Waals surface area (Å²) < 4.78 is 0. The summed E-state index contributed by atoms with van der Waals surface area (Å²) in [5.74, 6) is 0. The maximum absolute atomic E-state index is 2.18. The van der Waals surface area contributed by atoms with Crippen molar-refractivity contribution in [2.45, 2.75) is 0 Å². The Bertz CT molecular complexity index is 6.00. The van der Waals surface area contributed by atoms with E-state index in [1.165, 1.54) is 0 Å². The molecule has 0 atom stereocenters. The molecule has 0 fully saturated rings. The van der Waals surface area contributed by atoms with E-state index in [2.05, 4.69) is 40.7 Å². The number of rotatable bonds is 0. The van der Waals surface area contributed by atoms with Crippen LogP contribution in [0, 0.1) is 0 Å². The molecule has 0 N–H and O–H groups in total. The zero-order chi connectivity index (χ0) is 2.71. The zero-order valence-corrected chi connectivity index (χ0v) is 8.44. The van der Waals surface area contributed by atoms with E-state index in [-0.39, 0.29) is 17.0 Å². The molecule has 0 aromatic rings. The molecule has 0 amide bonds. The molecule has 0 aliphatic rings. The molecule has 0 spiro atoms. The van der Waals surface area contributed by atoms with Crippen molar-refractivity contribution < 1.29 is 8.46 Å². The molecule has 0 bridgehead atoms. The fourth-order valence-corrected chi connectivity index (χ4v) is 0. The SMILES string of the molecule is Br.[I][Cu][I]. The Balaban J connectivity index is 0. The second-order valence-corrected chi connectivity index (χ2v) is 7.99. The molecular weight excluding hydrogens is 397 g/mol. The Morgan fingerprint density at radius 1 is 1.25 bits per heavy atom. The molecule has 0 unspecified atom stereocenters. The molecule has 0 rings (SSSR count). The molecule has 0 nitrogen and oxygen atoms in total. The molecule has 0 aliphatic heterocycles. The summed E-state index contributed by atoms with van der Waals surface area (Å²) in [4.78, 5) is 0. The van der Waals surface area contributed by atoms with Crippen molar-refractivity contribution in [1.82, 2.24) is 0 Å². The van der Waals surface area contributed by atoms with E-state index < -0.39 is 0 Å². The predicted octanol–water partition coefficient (Wildman–Crippen LogP) is 2.35. The van der Waals surface area contributed by atoms with Gasteiger partial charge in [0, 0.05) is 0 Å². The Morgan fingerprint density at radius 2 is 1.25 bits per heavy atom. The third kappa shape index (κ3) is 8.82. The van der Waals surface area contributed by atoms with Gasteiger partial charge >= 0.3 is 49.1 Å². The van der Waals surface area contributed by atoms with Crippen molar-refractivity contribution >= 4 is 57.7 Å². The molecule has 0 radical (unpaired) electrons. The number of hydrogen-bond acceptors (Lipinski definition) is 0. The molecule has 0 aromatic carbocycles. The summed E-state index contributed by atoms with van der Waals surface area (Å²) in [6.07, 6.45) is 0. The molecule has 0 aromatic heterocycles. The molecule has 0 heterocycles. The fourth-order valence-electron chi connectivity index (χ4n) is 0. The first kappa shape index (κ1) is 9.68. The van der Waals surface area contributed by atoms with Crippen LogP contribution in [-0.2, 0) is 8.46 Å². The van der Waals surface area contributed by atoms with E-state index in [0.717, 1.165) is 0 Å². The summed E-state index contributed by atoms with van der Waals surface area (Å²) in [6, 6.07) is 0. The van der Waals surface area contributed by atoms with Gasteiger partial charge in [0.05, 0.1) is 0 Å². The van der Waals surface area contributed by atoms with Crippen LogP contribution >= 0.6 is 57.7 Å². The standard InChI is InChI=1S/BrH.Cu.2HI/h1H;;2*1H/q;+2;;/p-2. The molecule has 0 saturated heterocycles. The third-order valence-electron chi connectivity index (χ3n) is 0. The van der Waals surface area contributed by atoms with Gasteiger partial charge in [-0.2, -0.15) is 0 Å².